The highest BCUT2D eigenvalue weighted by molar-refractivity contribution is 7.92. The minimum absolute atomic E-state index is 0.000798. The van der Waals surface area contributed by atoms with Gasteiger partial charge in [-0.3, -0.25) is 4.31 Å². The Kier molecular flexibility index (Phi) is 6.86. The van der Waals surface area contributed by atoms with Gasteiger partial charge in [0.2, 0.25) is 0 Å². The van der Waals surface area contributed by atoms with Gasteiger partial charge < -0.3 is 4.74 Å². The van der Waals surface area contributed by atoms with Crippen molar-refractivity contribution < 1.29 is 17.9 Å². The van der Waals surface area contributed by atoms with Crippen molar-refractivity contribution in [3.05, 3.63) is 70.7 Å². The van der Waals surface area contributed by atoms with Gasteiger partial charge in [0, 0.05) is 5.02 Å². The number of ether oxygens (including phenoxy) is 1. The van der Waals surface area contributed by atoms with E-state index in [1.807, 2.05) is 0 Å². The molecule has 0 unspecified atom stereocenters. The summed E-state index contributed by atoms with van der Waals surface area (Å²) in [5.74, 6) is -0.889. The van der Waals surface area contributed by atoms with Crippen molar-refractivity contribution >= 4 is 44.9 Å². The summed E-state index contributed by atoms with van der Waals surface area (Å²) in [7, 11) is -4.03. The van der Waals surface area contributed by atoms with Crippen molar-refractivity contribution in [3.63, 3.8) is 0 Å². The van der Waals surface area contributed by atoms with Gasteiger partial charge in [0.05, 0.1) is 27.7 Å². The smallest absolute Gasteiger partial charge is 0.340 e. The fourth-order valence-corrected chi connectivity index (χ4v) is 3.97. The molecule has 0 aliphatic rings. The van der Waals surface area contributed by atoms with Crippen LogP contribution in [0.2, 0.25) is 10.0 Å². The summed E-state index contributed by atoms with van der Waals surface area (Å²) in [5.41, 5.74) is 0.227. The van der Waals surface area contributed by atoms with Gasteiger partial charge in [0.25, 0.3) is 10.0 Å². The maximum atomic E-state index is 13.1. The normalized spacial score (nSPS) is 10.7. The molecule has 2 aromatic carbocycles. The van der Waals surface area contributed by atoms with Crippen molar-refractivity contribution in [2.24, 2.45) is 0 Å². The van der Waals surface area contributed by atoms with Gasteiger partial charge in [0.1, 0.15) is 6.07 Å². The van der Waals surface area contributed by atoms with Crippen molar-refractivity contribution in [1.29, 1.82) is 5.26 Å². The standard InChI is InChI=1S/C18H14Cl2N2O4S/c1-2-10-22(14-5-3-13(19)4-6-14)27(24,25)15-7-8-17(20)16(12-15)18(23)26-11-9-21/h2-8,12H,1,10-11H2. The second-order valence-electron chi connectivity index (χ2n) is 5.18. The Balaban J connectivity index is 2.50. The van der Waals surface area contributed by atoms with Crippen LogP contribution in [0.3, 0.4) is 0 Å². The Morgan fingerprint density at radius 3 is 2.48 bits per heavy atom. The summed E-state index contributed by atoms with van der Waals surface area (Å²) in [4.78, 5) is 11.8. The maximum absolute atomic E-state index is 13.1. The van der Waals surface area contributed by atoms with Crippen LogP contribution in [0.15, 0.2) is 60.0 Å². The quantitative estimate of drug-likeness (QED) is 0.493. The van der Waals surface area contributed by atoms with E-state index in [-0.39, 0.29) is 22.0 Å². The van der Waals surface area contributed by atoms with E-state index in [0.29, 0.717) is 10.7 Å². The molecule has 0 aromatic heterocycles. The number of nitriles is 1. The molecule has 0 radical (unpaired) electrons. The molecule has 9 heteroatoms. The molecular weight excluding hydrogens is 411 g/mol. The van der Waals surface area contributed by atoms with Crippen LogP contribution in [0, 0.1) is 11.3 Å². The van der Waals surface area contributed by atoms with Gasteiger partial charge in [-0.2, -0.15) is 5.26 Å². The van der Waals surface area contributed by atoms with Crippen LogP contribution in [0.4, 0.5) is 5.69 Å². The fraction of sp³-hybridized carbons (Fsp3) is 0.111. The zero-order chi connectivity index (χ0) is 20.0. The van der Waals surface area contributed by atoms with Gasteiger partial charge in [0.15, 0.2) is 6.61 Å². The van der Waals surface area contributed by atoms with Crippen LogP contribution < -0.4 is 4.31 Å². The molecule has 6 nitrogen and oxygen atoms in total. The van der Waals surface area contributed by atoms with Crippen LogP contribution >= 0.6 is 23.2 Å². The summed E-state index contributed by atoms with van der Waals surface area (Å²) >= 11 is 11.8. The lowest BCUT2D eigenvalue weighted by Crippen LogP contribution is -2.31. The average Bonchev–Trinajstić information content (AvgIpc) is 2.65. The first-order valence-electron chi connectivity index (χ1n) is 7.54. The molecule has 0 N–H and O–H groups in total. The lowest BCUT2D eigenvalue weighted by molar-refractivity contribution is 0.0555. The summed E-state index contributed by atoms with van der Waals surface area (Å²) in [5, 5.41) is 8.99. The second-order valence-corrected chi connectivity index (χ2v) is 7.88. The van der Waals surface area contributed by atoms with E-state index in [2.05, 4.69) is 6.58 Å². The number of anilines is 1. The van der Waals surface area contributed by atoms with Crippen molar-refractivity contribution in [2.75, 3.05) is 17.5 Å². The van der Waals surface area contributed by atoms with E-state index < -0.39 is 22.6 Å². The Labute approximate surface area is 167 Å². The topological polar surface area (TPSA) is 87.5 Å². The average molecular weight is 425 g/mol. The highest BCUT2D eigenvalue weighted by atomic mass is 35.5. The third kappa shape index (κ3) is 4.80. The lowest BCUT2D eigenvalue weighted by Gasteiger charge is -2.23. The van der Waals surface area contributed by atoms with Crippen LogP contribution in [0.5, 0.6) is 0 Å². The number of benzene rings is 2. The van der Waals surface area contributed by atoms with E-state index >= 15 is 0 Å². The molecular formula is C18H14Cl2N2O4S. The molecule has 0 amide bonds. The van der Waals surface area contributed by atoms with Crippen molar-refractivity contribution in [1.82, 2.24) is 0 Å². The molecule has 0 saturated carbocycles. The van der Waals surface area contributed by atoms with Crippen LogP contribution in [-0.4, -0.2) is 27.5 Å². The summed E-state index contributed by atoms with van der Waals surface area (Å²) in [6.07, 6.45) is 1.43. The van der Waals surface area contributed by atoms with Gasteiger partial charge in [-0.15, -0.1) is 6.58 Å². The molecule has 0 heterocycles. The Morgan fingerprint density at radius 1 is 1.22 bits per heavy atom. The van der Waals surface area contributed by atoms with Crippen LogP contribution in [-0.2, 0) is 14.8 Å². The van der Waals surface area contributed by atoms with Gasteiger partial charge in [-0.25, -0.2) is 13.2 Å². The highest BCUT2D eigenvalue weighted by Crippen LogP contribution is 2.28. The third-order valence-corrected chi connectivity index (χ3v) is 5.79. The van der Waals surface area contributed by atoms with Crippen LogP contribution in [0.1, 0.15) is 10.4 Å². The number of hydrogen-bond acceptors (Lipinski definition) is 5. The summed E-state index contributed by atoms with van der Waals surface area (Å²) in [6, 6.07) is 11.6. The first-order valence-corrected chi connectivity index (χ1v) is 9.73. The predicted octanol–water partition coefficient (Wildman–Crippen LogP) is 4.06. The number of carbonyl (C=O) groups excluding carboxylic acids is 1. The van der Waals surface area contributed by atoms with Gasteiger partial charge in [-0.05, 0) is 42.5 Å². The summed E-state index contributed by atoms with van der Waals surface area (Å²) < 4.78 is 32.0. The molecule has 0 atom stereocenters. The van der Waals surface area contributed by atoms with Gasteiger partial charge in [-0.1, -0.05) is 29.3 Å². The van der Waals surface area contributed by atoms with E-state index in [1.165, 1.54) is 18.2 Å². The predicted molar refractivity (Wildman–Crippen MR) is 104 cm³/mol. The first kappa shape index (κ1) is 20.8. The van der Waals surface area contributed by atoms with Crippen molar-refractivity contribution in [3.8, 4) is 6.07 Å². The van der Waals surface area contributed by atoms with E-state index in [0.717, 1.165) is 10.4 Å². The zero-order valence-corrected chi connectivity index (χ0v) is 16.3. The Bertz CT molecular complexity index is 999. The molecule has 0 saturated heterocycles. The molecule has 2 aromatic rings. The van der Waals surface area contributed by atoms with E-state index in [1.54, 1.807) is 30.3 Å². The number of halogens is 2. The summed E-state index contributed by atoms with van der Waals surface area (Å²) in [6.45, 7) is 3.11. The van der Waals surface area contributed by atoms with Crippen molar-refractivity contribution in [2.45, 2.75) is 4.90 Å². The fourth-order valence-electron chi connectivity index (χ4n) is 2.19. The number of carbonyl (C=O) groups is 1. The molecule has 2 rings (SSSR count). The maximum Gasteiger partial charge on any atom is 0.340 e. The number of hydrogen-bond donors (Lipinski definition) is 0. The molecule has 0 aliphatic carbocycles. The number of esters is 1. The monoisotopic (exact) mass is 424 g/mol. The Morgan fingerprint density at radius 2 is 1.89 bits per heavy atom. The molecule has 0 spiro atoms. The lowest BCUT2D eigenvalue weighted by atomic mass is 10.2. The number of rotatable bonds is 7. The SMILES string of the molecule is C=CCN(c1ccc(Cl)cc1)S(=O)(=O)c1ccc(Cl)c(C(=O)OCC#N)c1. The molecule has 0 aliphatic heterocycles. The van der Waals surface area contributed by atoms with Gasteiger partial charge >= 0.3 is 5.97 Å². The molecule has 0 fully saturated rings. The molecule has 0 bridgehead atoms. The largest absolute Gasteiger partial charge is 0.447 e. The van der Waals surface area contributed by atoms with E-state index in [9.17, 15) is 13.2 Å². The number of nitrogens with zero attached hydrogens (tertiary/aromatic N) is 2. The highest BCUT2D eigenvalue weighted by Gasteiger charge is 2.26. The van der Waals surface area contributed by atoms with E-state index in [4.69, 9.17) is 33.2 Å². The minimum Gasteiger partial charge on any atom is -0.447 e. The first-order chi connectivity index (χ1) is 12.8. The minimum atomic E-state index is -4.03. The second kappa shape index (κ2) is 8.91. The molecule has 27 heavy (non-hydrogen) atoms. The van der Waals surface area contributed by atoms with Crippen LogP contribution in [0.25, 0.3) is 0 Å². The number of sulfonamides is 1. The zero-order valence-electron chi connectivity index (χ0n) is 13.9. The molecule has 140 valence electrons. The Hall–Kier alpha value is -2.53. The third-order valence-electron chi connectivity index (χ3n) is 3.42.